The Morgan fingerprint density at radius 2 is 1.76 bits per heavy atom. The molecule has 3 rings (SSSR count). The molecular formula is C15H13N3O2S. The number of rotatable bonds is 3. The van der Waals surface area contributed by atoms with E-state index in [0.717, 1.165) is 5.39 Å². The van der Waals surface area contributed by atoms with Gasteiger partial charge in [0.15, 0.2) is 0 Å². The summed E-state index contributed by atoms with van der Waals surface area (Å²) >= 11 is 0. The van der Waals surface area contributed by atoms with Gasteiger partial charge in [0.05, 0.1) is 22.5 Å². The van der Waals surface area contributed by atoms with Crippen LogP contribution in [0.15, 0.2) is 65.8 Å². The van der Waals surface area contributed by atoms with E-state index in [9.17, 15) is 8.42 Å². The fraction of sp³-hybridized carbons (Fsp3) is 0. The Balaban J connectivity index is 2.11. The standard InChI is InChI=1S/C15H13N3O2S/c16-13-10-17-9-8-14(13)18-21(19,20)15-7-3-5-11-4-1-2-6-12(11)15/h1-10H,16H2,(H,17,18). The van der Waals surface area contributed by atoms with Crippen molar-refractivity contribution in [3.05, 3.63) is 60.9 Å². The van der Waals surface area contributed by atoms with Gasteiger partial charge in [0, 0.05) is 11.6 Å². The number of fused-ring (bicyclic) bond motifs is 1. The molecule has 0 aliphatic rings. The Bertz CT molecular complexity index is 902. The summed E-state index contributed by atoms with van der Waals surface area (Å²) in [4.78, 5) is 4.06. The molecule has 0 bridgehead atoms. The van der Waals surface area contributed by atoms with Crippen LogP contribution >= 0.6 is 0 Å². The molecule has 21 heavy (non-hydrogen) atoms. The third kappa shape index (κ3) is 2.53. The lowest BCUT2D eigenvalue weighted by Crippen LogP contribution is -2.14. The zero-order valence-electron chi connectivity index (χ0n) is 11.0. The molecule has 1 heterocycles. The van der Waals surface area contributed by atoms with Crippen LogP contribution in [0.4, 0.5) is 11.4 Å². The number of nitrogens with zero attached hydrogens (tertiary/aromatic N) is 1. The van der Waals surface area contributed by atoms with Gasteiger partial charge in [-0.05, 0) is 17.5 Å². The van der Waals surface area contributed by atoms with Crippen LogP contribution in [0, 0.1) is 0 Å². The lowest BCUT2D eigenvalue weighted by atomic mass is 10.1. The minimum Gasteiger partial charge on any atom is -0.396 e. The quantitative estimate of drug-likeness (QED) is 0.778. The maximum atomic E-state index is 12.6. The number of hydrogen-bond donors (Lipinski definition) is 2. The molecule has 3 aromatic rings. The van der Waals surface area contributed by atoms with Crippen LogP contribution in [-0.2, 0) is 10.0 Å². The van der Waals surface area contributed by atoms with E-state index in [1.807, 2.05) is 24.3 Å². The number of pyridine rings is 1. The molecule has 1 aromatic heterocycles. The monoisotopic (exact) mass is 299 g/mol. The molecule has 0 atom stereocenters. The highest BCUT2D eigenvalue weighted by Crippen LogP contribution is 2.26. The molecule has 0 radical (unpaired) electrons. The van der Waals surface area contributed by atoms with E-state index >= 15 is 0 Å². The SMILES string of the molecule is Nc1cnccc1NS(=O)(=O)c1cccc2ccccc12. The molecule has 0 spiro atoms. The Hall–Kier alpha value is -2.60. The first-order valence-corrected chi connectivity index (χ1v) is 7.76. The minimum atomic E-state index is -3.72. The van der Waals surface area contributed by atoms with Crippen molar-refractivity contribution in [2.75, 3.05) is 10.5 Å². The third-order valence-corrected chi connectivity index (χ3v) is 4.56. The second kappa shape index (κ2) is 5.06. The summed E-state index contributed by atoms with van der Waals surface area (Å²) in [7, 11) is -3.72. The highest BCUT2D eigenvalue weighted by Gasteiger charge is 2.18. The van der Waals surface area contributed by atoms with Crippen molar-refractivity contribution in [3.63, 3.8) is 0 Å². The van der Waals surface area contributed by atoms with Crippen molar-refractivity contribution >= 4 is 32.2 Å². The average molecular weight is 299 g/mol. The minimum absolute atomic E-state index is 0.219. The Kier molecular flexibility index (Phi) is 3.23. The summed E-state index contributed by atoms with van der Waals surface area (Å²) < 4.78 is 27.7. The van der Waals surface area contributed by atoms with Crippen LogP contribution < -0.4 is 10.5 Å². The first-order valence-electron chi connectivity index (χ1n) is 6.28. The van der Waals surface area contributed by atoms with Gasteiger partial charge in [-0.15, -0.1) is 0 Å². The average Bonchev–Trinajstić information content (AvgIpc) is 2.49. The van der Waals surface area contributed by atoms with Gasteiger partial charge >= 0.3 is 0 Å². The van der Waals surface area contributed by atoms with Crippen LogP contribution in [-0.4, -0.2) is 13.4 Å². The number of sulfonamides is 1. The lowest BCUT2D eigenvalue weighted by Gasteiger charge is -2.11. The van der Waals surface area contributed by atoms with Crippen LogP contribution in [0.25, 0.3) is 10.8 Å². The fourth-order valence-electron chi connectivity index (χ4n) is 2.13. The van der Waals surface area contributed by atoms with E-state index in [4.69, 9.17) is 5.73 Å². The van der Waals surface area contributed by atoms with E-state index in [0.29, 0.717) is 11.1 Å². The maximum absolute atomic E-state index is 12.6. The number of nitrogen functional groups attached to an aromatic ring is 1. The van der Waals surface area contributed by atoms with Crippen LogP contribution in [0.5, 0.6) is 0 Å². The summed E-state index contributed by atoms with van der Waals surface area (Å²) in [5, 5.41) is 1.53. The Morgan fingerprint density at radius 1 is 1.00 bits per heavy atom. The molecule has 0 saturated carbocycles. The molecular weight excluding hydrogens is 286 g/mol. The van der Waals surface area contributed by atoms with Crippen molar-refractivity contribution in [1.29, 1.82) is 0 Å². The van der Waals surface area contributed by atoms with Gasteiger partial charge in [-0.25, -0.2) is 8.42 Å². The molecule has 0 amide bonds. The molecule has 0 unspecified atom stereocenters. The number of aromatic nitrogens is 1. The van der Waals surface area contributed by atoms with Crippen LogP contribution in [0.1, 0.15) is 0 Å². The van der Waals surface area contributed by atoms with Crippen molar-refractivity contribution < 1.29 is 8.42 Å². The van der Waals surface area contributed by atoms with Gasteiger partial charge in [0.25, 0.3) is 10.0 Å². The van der Waals surface area contributed by atoms with Gasteiger partial charge in [-0.1, -0.05) is 36.4 Å². The molecule has 2 aromatic carbocycles. The third-order valence-electron chi connectivity index (χ3n) is 3.14. The predicted molar refractivity (Wildman–Crippen MR) is 83.4 cm³/mol. The molecule has 3 N–H and O–H groups in total. The van der Waals surface area contributed by atoms with Crippen LogP contribution in [0.2, 0.25) is 0 Å². The topological polar surface area (TPSA) is 85.1 Å². The van der Waals surface area contributed by atoms with Gasteiger partial charge < -0.3 is 5.73 Å². The number of anilines is 2. The second-order valence-corrected chi connectivity index (χ2v) is 6.20. The highest BCUT2D eigenvalue weighted by atomic mass is 32.2. The zero-order valence-corrected chi connectivity index (χ0v) is 11.8. The normalized spacial score (nSPS) is 11.4. The van der Waals surface area contributed by atoms with E-state index in [-0.39, 0.29) is 10.6 Å². The van der Waals surface area contributed by atoms with Gasteiger partial charge in [0.1, 0.15) is 0 Å². The predicted octanol–water partition coefficient (Wildman–Crippen LogP) is 2.62. The van der Waals surface area contributed by atoms with Crippen molar-refractivity contribution in [2.45, 2.75) is 4.90 Å². The first-order chi connectivity index (χ1) is 10.1. The number of benzene rings is 2. The van der Waals surface area contributed by atoms with Gasteiger partial charge in [0.2, 0.25) is 0 Å². The molecule has 0 aliphatic heterocycles. The summed E-state index contributed by atoms with van der Waals surface area (Å²) in [5.41, 5.74) is 6.33. The van der Waals surface area contributed by atoms with E-state index in [2.05, 4.69) is 9.71 Å². The summed E-state index contributed by atoms with van der Waals surface area (Å²) in [6.45, 7) is 0. The molecule has 0 aliphatic carbocycles. The maximum Gasteiger partial charge on any atom is 0.262 e. The molecule has 0 fully saturated rings. The second-order valence-electron chi connectivity index (χ2n) is 4.55. The van der Waals surface area contributed by atoms with E-state index < -0.39 is 10.0 Å². The largest absolute Gasteiger partial charge is 0.396 e. The highest BCUT2D eigenvalue weighted by molar-refractivity contribution is 7.93. The van der Waals surface area contributed by atoms with E-state index in [1.165, 1.54) is 18.5 Å². The van der Waals surface area contributed by atoms with E-state index in [1.54, 1.807) is 18.2 Å². The van der Waals surface area contributed by atoms with Gasteiger partial charge in [-0.2, -0.15) is 0 Å². The molecule has 0 saturated heterocycles. The fourth-order valence-corrected chi connectivity index (χ4v) is 3.45. The summed E-state index contributed by atoms with van der Waals surface area (Å²) in [5.74, 6) is 0. The van der Waals surface area contributed by atoms with Crippen molar-refractivity contribution in [1.82, 2.24) is 4.98 Å². The Labute approximate surface area is 122 Å². The number of nitrogens with one attached hydrogen (secondary N) is 1. The van der Waals surface area contributed by atoms with Crippen LogP contribution in [0.3, 0.4) is 0 Å². The summed E-state index contributed by atoms with van der Waals surface area (Å²) in [6.07, 6.45) is 2.89. The Morgan fingerprint density at radius 3 is 2.57 bits per heavy atom. The lowest BCUT2D eigenvalue weighted by molar-refractivity contribution is 0.602. The van der Waals surface area contributed by atoms with Gasteiger partial charge in [-0.3, -0.25) is 9.71 Å². The van der Waals surface area contributed by atoms with Crippen molar-refractivity contribution in [2.24, 2.45) is 0 Å². The number of nitrogens with two attached hydrogens (primary N) is 1. The smallest absolute Gasteiger partial charge is 0.262 e. The first kappa shape index (κ1) is 13.4. The summed E-state index contributed by atoms with van der Waals surface area (Å²) in [6, 6.07) is 14.0. The molecule has 6 heteroatoms. The molecule has 106 valence electrons. The number of hydrogen-bond acceptors (Lipinski definition) is 4. The molecule has 5 nitrogen and oxygen atoms in total. The van der Waals surface area contributed by atoms with Crippen molar-refractivity contribution in [3.8, 4) is 0 Å². The zero-order chi connectivity index (χ0) is 14.9.